The lowest BCUT2D eigenvalue weighted by atomic mass is 10.0. The van der Waals surface area contributed by atoms with E-state index in [9.17, 15) is 14.7 Å². The molecule has 1 aliphatic rings. The van der Waals surface area contributed by atoms with E-state index in [1.807, 2.05) is 32.0 Å². The minimum absolute atomic E-state index is 0.0617. The number of amides is 2. The van der Waals surface area contributed by atoms with Crippen molar-refractivity contribution in [1.29, 1.82) is 0 Å². The molecule has 0 radical (unpaired) electrons. The van der Waals surface area contributed by atoms with Gasteiger partial charge in [0.1, 0.15) is 0 Å². The van der Waals surface area contributed by atoms with E-state index in [0.29, 0.717) is 17.7 Å². The van der Waals surface area contributed by atoms with Gasteiger partial charge in [-0.05, 0) is 57.0 Å². The van der Waals surface area contributed by atoms with Crippen molar-refractivity contribution in [2.45, 2.75) is 45.7 Å². The summed E-state index contributed by atoms with van der Waals surface area (Å²) in [6.45, 7) is 5.57. The lowest BCUT2D eigenvalue weighted by Gasteiger charge is -2.23. The molecule has 142 valence electrons. The van der Waals surface area contributed by atoms with Gasteiger partial charge in [0.05, 0.1) is 12.3 Å². The number of carbonyl (C=O) groups excluding carboxylic acids is 2. The summed E-state index contributed by atoms with van der Waals surface area (Å²) in [5.74, 6) is -0.224. The Labute approximate surface area is 159 Å². The largest absolute Gasteiger partial charge is 0.394 e. The van der Waals surface area contributed by atoms with Crippen molar-refractivity contribution >= 4 is 17.5 Å². The topological polar surface area (TPSA) is 82.5 Å². The Kier molecular flexibility index (Phi) is 5.56. The van der Waals surface area contributed by atoms with Crippen molar-refractivity contribution < 1.29 is 14.7 Å². The normalized spacial score (nSPS) is 17.9. The van der Waals surface area contributed by atoms with E-state index in [-0.39, 0.29) is 30.5 Å². The zero-order chi connectivity index (χ0) is 19.6. The van der Waals surface area contributed by atoms with Gasteiger partial charge in [-0.1, -0.05) is 6.07 Å². The van der Waals surface area contributed by atoms with Crippen LogP contribution in [-0.4, -0.2) is 40.6 Å². The first-order chi connectivity index (χ1) is 12.9. The summed E-state index contributed by atoms with van der Waals surface area (Å²) in [4.78, 5) is 31.2. The summed E-state index contributed by atoms with van der Waals surface area (Å²) in [5.41, 5.74) is 3.71. The number of aliphatic hydroxyl groups excluding tert-OH is 1. The minimum atomic E-state index is -0.352. The molecule has 27 heavy (non-hydrogen) atoms. The predicted molar refractivity (Wildman–Crippen MR) is 105 cm³/mol. The van der Waals surface area contributed by atoms with Gasteiger partial charge in [-0.15, -0.1) is 0 Å². The zero-order valence-corrected chi connectivity index (χ0v) is 15.9. The quantitative estimate of drug-likeness (QED) is 0.851. The molecular formula is C21H25N3O3. The summed E-state index contributed by atoms with van der Waals surface area (Å²) < 4.78 is 0. The third-order valence-electron chi connectivity index (χ3n) is 4.80. The number of rotatable bonds is 5. The Hall–Kier alpha value is -2.73. The van der Waals surface area contributed by atoms with Gasteiger partial charge in [0.15, 0.2) is 0 Å². The van der Waals surface area contributed by atoms with Crippen LogP contribution < -0.4 is 10.2 Å². The van der Waals surface area contributed by atoms with E-state index in [1.165, 1.54) is 0 Å². The van der Waals surface area contributed by atoms with Gasteiger partial charge in [-0.25, -0.2) is 0 Å². The van der Waals surface area contributed by atoms with Gasteiger partial charge in [0.2, 0.25) is 5.91 Å². The fraction of sp³-hybridized carbons (Fsp3) is 0.381. The summed E-state index contributed by atoms with van der Waals surface area (Å²) in [6, 6.07) is 9.01. The fourth-order valence-corrected chi connectivity index (χ4v) is 3.25. The number of aliphatic hydroxyl groups is 1. The highest BCUT2D eigenvalue weighted by atomic mass is 16.3. The Bertz CT molecular complexity index is 848. The molecule has 0 aliphatic carbocycles. The Morgan fingerprint density at radius 3 is 2.74 bits per heavy atom. The Morgan fingerprint density at radius 2 is 2.15 bits per heavy atom. The van der Waals surface area contributed by atoms with Crippen LogP contribution in [0.5, 0.6) is 0 Å². The lowest BCUT2D eigenvalue weighted by Crippen LogP contribution is -2.35. The van der Waals surface area contributed by atoms with Crippen LogP contribution in [0.2, 0.25) is 0 Å². The molecule has 1 unspecified atom stereocenters. The number of nitrogens with zero attached hydrogens (tertiary/aromatic N) is 2. The first-order valence-corrected chi connectivity index (χ1v) is 9.21. The van der Waals surface area contributed by atoms with Crippen molar-refractivity contribution in [3.8, 4) is 11.3 Å². The van der Waals surface area contributed by atoms with Crippen LogP contribution in [0.15, 0.2) is 36.5 Å². The molecule has 6 nitrogen and oxygen atoms in total. The predicted octanol–water partition coefficient (Wildman–Crippen LogP) is 2.68. The highest BCUT2D eigenvalue weighted by Crippen LogP contribution is 2.31. The van der Waals surface area contributed by atoms with Gasteiger partial charge in [0.25, 0.3) is 5.91 Å². The standard InChI is InChI=1S/C21H25N3O3/c1-13-4-6-19(22-11-13)16-8-17(21(27)23-14(2)12-25)10-18(9-16)24-15(3)5-7-20(24)26/h4,6,8-11,14-15,25H,5,7,12H2,1-3H3,(H,23,27)/t14-,15?/m0/s1. The van der Waals surface area contributed by atoms with E-state index in [4.69, 9.17) is 0 Å². The second kappa shape index (κ2) is 7.88. The number of anilines is 1. The summed E-state index contributed by atoms with van der Waals surface area (Å²) >= 11 is 0. The number of hydrogen-bond acceptors (Lipinski definition) is 4. The SMILES string of the molecule is Cc1ccc(-c2cc(C(=O)N[C@@H](C)CO)cc(N3C(=O)CCC3C)c2)nc1. The van der Waals surface area contributed by atoms with Crippen molar-refractivity contribution in [3.05, 3.63) is 47.7 Å². The van der Waals surface area contributed by atoms with Crippen LogP contribution in [0.3, 0.4) is 0 Å². The van der Waals surface area contributed by atoms with E-state index in [0.717, 1.165) is 23.2 Å². The van der Waals surface area contributed by atoms with E-state index in [2.05, 4.69) is 10.3 Å². The van der Waals surface area contributed by atoms with Gasteiger partial charge in [0, 0.05) is 41.5 Å². The van der Waals surface area contributed by atoms with Gasteiger partial charge in [-0.3, -0.25) is 14.6 Å². The summed E-state index contributed by atoms with van der Waals surface area (Å²) in [5, 5.41) is 12.0. The molecule has 0 spiro atoms. The monoisotopic (exact) mass is 367 g/mol. The van der Waals surface area contributed by atoms with Crippen molar-refractivity contribution in [2.75, 3.05) is 11.5 Å². The highest BCUT2D eigenvalue weighted by Gasteiger charge is 2.29. The maximum absolute atomic E-state index is 12.6. The average molecular weight is 367 g/mol. The molecule has 1 aromatic heterocycles. The molecule has 1 saturated heterocycles. The number of benzene rings is 1. The third-order valence-corrected chi connectivity index (χ3v) is 4.80. The first-order valence-electron chi connectivity index (χ1n) is 9.21. The van der Waals surface area contributed by atoms with Crippen LogP contribution in [0.25, 0.3) is 11.3 Å². The molecule has 2 N–H and O–H groups in total. The molecular weight excluding hydrogens is 342 g/mol. The van der Waals surface area contributed by atoms with Crippen molar-refractivity contribution in [3.63, 3.8) is 0 Å². The molecule has 1 aliphatic heterocycles. The second-order valence-electron chi connectivity index (χ2n) is 7.20. The summed E-state index contributed by atoms with van der Waals surface area (Å²) in [6.07, 6.45) is 3.09. The molecule has 2 atom stereocenters. The molecule has 0 saturated carbocycles. The first kappa shape index (κ1) is 19.0. The number of nitrogens with one attached hydrogen (secondary N) is 1. The van der Waals surface area contributed by atoms with Crippen LogP contribution in [0.4, 0.5) is 5.69 Å². The van der Waals surface area contributed by atoms with Gasteiger partial charge < -0.3 is 15.3 Å². The minimum Gasteiger partial charge on any atom is -0.394 e. The molecule has 3 rings (SSSR count). The zero-order valence-electron chi connectivity index (χ0n) is 15.9. The molecule has 2 aromatic rings. The molecule has 1 fully saturated rings. The van der Waals surface area contributed by atoms with E-state index < -0.39 is 0 Å². The van der Waals surface area contributed by atoms with Gasteiger partial charge >= 0.3 is 0 Å². The summed E-state index contributed by atoms with van der Waals surface area (Å²) in [7, 11) is 0. The number of pyridine rings is 1. The smallest absolute Gasteiger partial charge is 0.251 e. The number of hydrogen-bond donors (Lipinski definition) is 2. The van der Waals surface area contributed by atoms with E-state index in [1.54, 1.807) is 30.2 Å². The number of aryl methyl sites for hydroxylation is 1. The molecule has 6 heteroatoms. The van der Waals surface area contributed by atoms with Crippen LogP contribution in [-0.2, 0) is 4.79 Å². The average Bonchev–Trinajstić information content (AvgIpc) is 3.00. The van der Waals surface area contributed by atoms with Crippen molar-refractivity contribution in [1.82, 2.24) is 10.3 Å². The highest BCUT2D eigenvalue weighted by molar-refractivity contribution is 6.01. The molecule has 1 aromatic carbocycles. The van der Waals surface area contributed by atoms with Crippen LogP contribution >= 0.6 is 0 Å². The molecule has 2 amide bonds. The van der Waals surface area contributed by atoms with Crippen LogP contribution in [0, 0.1) is 6.92 Å². The Morgan fingerprint density at radius 1 is 1.37 bits per heavy atom. The van der Waals surface area contributed by atoms with Gasteiger partial charge in [-0.2, -0.15) is 0 Å². The van der Waals surface area contributed by atoms with Crippen LogP contribution in [0.1, 0.15) is 42.6 Å². The number of carbonyl (C=O) groups is 2. The Balaban J connectivity index is 2.06. The molecule has 0 bridgehead atoms. The third kappa shape index (κ3) is 4.17. The maximum atomic E-state index is 12.6. The van der Waals surface area contributed by atoms with E-state index >= 15 is 0 Å². The number of aromatic nitrogens is 1. The van der Waals surface area contributed by atoms with Crippen molar-refractivity contribution in [2.24, 2.45) is 0 Å². The molecule has 2 heterocycles. The lowest BCUT2D eigenvalue weighted by molar-refractivity contribution is -0.117. The maximum Gasteiger partial charge on any atom is 0.251 e. The fourth-order valence-electron chi connectivity index (χ4n) is 3.25. The second-order valence-corrected chi connectivity index (χ2v) is 7.20.